The zero-order valence-corrected chi connectivity index (χ0v) is 9.07. The molecule has 0 saturated carbocycles. The number of halogens is 3. The Morgan fingerprint density at radius 1 is 1.28 bits per heavy atom. The Balaban J connectivity index is 3.22. The molecule has 0 aromatic carbocycles. The Bertz CT molecular complexity index is 496. The van der Waals surface area contributed by atoms with Gasteiger partial charge in [-0.3, -0.25) is 0 Å². The van der Waals surface area contributed by atoms with Gasteiger partial charge in [-0.15, -0.1) is 0 Å². The van der Waals surface area contributed by atoms with Crippen LogP contribution in [0.4, 0.5) is 24.5 Å². The lowest BCUT2D eigenvalue weighted by molar-refractivity contribution is -0.141. The third kappa shape index (κ3) is 3.01. The van der Waals surface area contributed by atoms with Crippen LogP contribution < -0.4 is 10.6 Å². The van der Waals surface area contributed by atoms with E-state index in [9.17, 15) is 13.2 Å². The van der Waals surface area contributed by atoms with Gasteiger partial charge in [-0.05, 0) is 6.07 Å². The van der Waals surface area contributed by atoms with Gasteiger partial charge < -0.3 is 10.6 Å². The number of nitrogen functional groups attached to an aromatic ring is 1. The van der Waals surface area contributed by atoms with Crippen molar-refractivity contribution >= 4 is 11.4 Å². The average Bonchev–Trinajstić information content (AvgIpc) is 2.28. The quantitative estimate of drug-likeness (QED) is 0.827. The number of nitrogens with two attached hydrogens (primary N) is 1. The summed E-state index contributed by atoms with van der Waals surface area (Å²) in [4.78, 5) is 4.32. The first-order chi connectivity index (χ1) is 8.40. The van der Waals surface area contributed by atoms with E-state index in [1.807, 2.05) is 0 Å². The van der Waals surface area contributed by atoms with Gasteiger partial charge in [0, 0.05) is 0 Å². The van der Waals surface area contributed by atoms with Gasteiger partial charge in [0.25, 0.3) is 0 Å². The molecule has 0 aliphatic carbocycles. The van der Waals surface area contributed by atoms with Crippen molar-refractivity contribution in [2.24, 2.45) is 0 Å². The number of hydrogen-bond acceptors (Lipinski definition) is 5. The SMILES string of the molecule is N#CCN(CC#N)c1cc(C(F)(F)F)ncc1N. The highest BCUT2D eigenvalue weighted by atomic mass is 19.4. The van der Waals surface area contributed by atoms with E-state index in [4.69, 9.17) is 16.3 Å². The van der Waals surface area contributed by atoms with Gasteiger partial charge in [-0.2, -0.15) is 23.7 Å². The lowest BCUT2D eigenvalue weighted by Gasteiger charge is -2.20. The average molecular weight is 255 g/mol. The van der Waals surface area contributed by atoms with Crippen molar-refractivity contribution in [1.29, 1.82) is 10.5 Å². The normalized spacial score (nSPS) is 10.5. The molecule has 0 bridgehead atoms. The van der Waals surface area contributed by atoms with Crippen LogP contribution in [0.2, 0.25) is 0 Å². The van der Waals surface area contributed by atoms with Crippen molar-refractivity contribution in [3.05, 3.63) is 18.0 Å². The van der Waals surface area contributed by atoms with Crippen LogP contribution in [0.3, 0.4) is 0 Å². The minimum absolute atomic E-state index is 0.0199. The summed E-state index contributed by atoms with van der Waals surface area (Å²) < 4.78 is 37.4. The van der Waals surface area contributed by atoms with Crippen molar-refractivity contribution in [3.63, 3.8) is 0 Å². The molecule has 8 heteroatoms. The Morgan fingerprint density at radius 2 is 1.83 bits per heavy atom. The van der Waals surface area contributed by atoms with Gasteiger partial charge in [0.1, 0.15) is 18.8 Å². The van der Waals surface area contributed by atoms with E-state index in [2.05, 4.69) is 4.98 Å². The summed E-state index contributed by atoms with van der Waals surface area (Å²) in [5.74, 6) is 0. The van der Waals surface area contributed by atoms with Gasteiger partial charge in [0.05, 0.1) is 29.7 Å². The number of hydrogen-bond donors (Lipinski definition) is 1. The molecule has 1 aromatic rings. The van der Waals surface area contributed by atoms with Crippen LogP contribution in [0.25, 0.3) is 0 Å². The van der Waals surface area contributed by atoms with Crippen LogP contribution >= 0.6 is 0 Å². The Labute approximate surface area is 101 Å². The Hall–Kier alpha value is -2.48. The fourth-order valence-electron chi connectivity index (χ4n) is 1.28. The molecule has 94 valence electrons. The van der Waals surface area contributed by atoms with E-state index in [0.717, 1.165) is 17.2 Å². The number of anilines is 2. The molecule has 0 amide bonds. The summed E-state index contributed by atoms with van der Waals surface area (Å²) in [6, 6.07) is 4.23. The molecular formula is C10H8F3N5. The smallest absolute Gasteiger partial charge is 0.396 e. The second kappa shape index (κ2) is 5.23. The Kier molecular flexibility index (Phi) is 3.95. The number of pyridine rings is 1. The van der Waals surface area contributed by atoms with Crippen LogP contribution in [0.5, 0.6) is 0 Å². The zero-order chi connectivity index (χ0) is 13.8. The number of aromatic nitrogens is 1. The third-order valence-electron chi connectivity index (χ3n) is 2.07. The molecule has 0 atom stereocenters. The predicted octanol–water partition coefficient (Wildman–Crippen LogP) is 1.54. The molecule has 0 saturated heterocycles. The predicted molar refractivity (Wildman–Crippen MR) is 57.1 cm³/mol. The summed E-state index contributed by atoms with van der Waals surface area (Å²) in [6.07, 6.45) is -3.74. The molecule has 1 aromatic heterocycles. The van der Waals surface area contributed by atoms with Crippen molar-refractivity contribution in [1.82, 2.24) is 4.98 Å². The van der Waals surface area contributed by atoms with E-state index in [1.54, 1.807) is 12.1 Å². The zero-order valence-electron chi connectivity index (χ0n) is 9.07. The van der Waals surface area contributed by atoms with Crippen molar-refractivity contribution < 1.29 is 13.2 Å². The van der Waals surface area contributed by atoms with Crippen LogP contribution in [-0.4, -0.2) is 18.1 Å². The van der Waals surface area contributed by atoms with Crippen molar-refractivity contribution in [2.75, 3.05) is 23.7 Å². The monoisotopic (exact) mass is 255 g/mol. The lowest BCUT2D eigenvalue weighted by atomic mass is 10.2. The van der Waals surface area contributed by atoms with Crippen LogP contribution in [0, 0.1) is 22.7 Å². The minimum Gasteiger partial charge on any atom is -0.396 e. The van der Waals surface area contributed by atoms with Gasteiger partial charge >= 0.3 is 6.18 Å². The highest BCUT2D eigenvalue weighted by molar-refractivity contribution is 5.67. The van der Waals surface area contributed by atoms with E-state index in [-0.39, 0.29) is 24.5 Å². The largest absolute Gasteiger partial charge is 0.433 e. The molecule has 18 heavy (non-hydrogen) atoms. The maximum absolute atomic E-state index is 12.5. The molecule has 1 rings (SSSR count). The maximum Gasteiger partial charge on any atom is 0.433 e. The fourth-order valence-corrected chi connectivity index (χ4v) is 1.28. The standard InChI is InChI=1S/C10H8F3N5/c11-10(12,13)9-5-8(7(16)6-17-9)18(3-1-14)4-2-15/h5-6H,3-4,16H2. The minimum atomic E-state index is -4.60. The first-order valence-corrected chi connectivity index (χ1v) is 4.71. The van der Waals surface area contributed by atoms with Crippen molar-refractivity contribution in [3.8, 4) is 12.1 Å². The number of alkyl halides is 3. The molecular weight excluding hydrogens is 247 g/mol. The van der Waals surface area contributed by atoms with Crippen molar-refractivity contribution in [2.45, 2.75) is 6.18 Å². The molecule has 0 aliphatic rings. The van der Waals surface area contributed by atoms with Crippen LogP contribution in [0.15, 0.2) is 12.3 Å². The summed E-state index contributed by atoms with van der Waals surface area (Å²) in [5.41, 5.74) is 4.34. The number of nitriles is 2. The first-order valence-electron chi connectivity index (χ1n) is 4.71. The van der Waals surface area contributed by atoms with E-state index >= 15 is 0 Å². The van der Waals surface area contributed by atoms with E-state index in [1.165, 1.54) is 0 Å². The van der Waals surface area contributed by atoms with Gasteiger partial charge in [-0.1, -0.05) is 0 Å². The second-order valence-electron chi connectivity index (χ2n) is 3.30. The molecule has 0 spiro atoms. The Morgan fingerprint density at radius 3 is 2.28 bits per heavy atom. The third-order valence-corrected chi connectivity index (χ3v) is 2.07. The summed E-state index contributed by atoms with van der Waals surface area (Å²) in [6.45, 7) is -0.474. The fraction of sp³-hybridized carbons (Fsp3) is 0.300. The summed E-state index contributed by atoms with van der Waals surface area (Å²) >= 11 is 0. The topological polar surface area (TPSA) is 89.7 Å². The lowest BCUT2D eigenvalue weighted by Crippen LogP contribution is -2.25. The summed E-state index contributed by atoms with van der Waals surface area (Å²) in [7, 11) is 0. The molecule has 5 nitrogen and oxygen atoms in total. The number of rotatable bonds is 3. The highest BCUT2D eigenvalue weighted by Gasteiger charge is 2.33. The number of nitrogens with zero attached hydrogens (tertiary/aromatic N) is 4. The molecule has 0 fully saturated rings. The molecule has 0 radical (unpaired) electrons. The van der Waals surface area contributed by atoms with Crippen LogP contribution in [0.1, 0.15) is 5.69 Å². The van der Waals surface area contributed by atoms with Gasteiger partial charge in [0.15, 0.2) is 0 Å². The highest BCUT2D eigenvalue weighted by Crippen LogP contribution is 2.32. The van der Waals surface area contributed by atoms with Gasteiger partial charge in [0.2, 0.25) is 0 Å². The van der Waals surface area contributed by atoms with Crippen LogP contribution in [-0.2, 0) is 6.18 Å². The second-order valence-corrected chi connectivity index (χ2v) is 3.30. The molecule has 2 N–H and O–H groups in total. The molecule has 0 aliphatic heterocycles. The summed E-state index contributed by atoms with van der Waals surface area (Å²) in [5, 5.41) is 17.1. The first kappa shape index (κ1) is 13.6. The van der Waals surface area contributed by atoms with E-state index in [0.29, 0.717) is 0 Å². The molecule has 1 heterocycles. The van der Waals surface area contributed by atoms with E-state index < -0.39 is 11.9 Å². The van der Waals surface area contributed by atoms with Gasteiger partial charge in [-0.25, -0.2) is 4.98 Å². The maximum atomic E-state index is 12.5. The molecule has 0 unspecified atom stereocenters.